The van der Waals surface area contributed by atoms with Gasteiger partial charge in [0.15, 0.2) is 0 Å². The normalized spacial score (nSPS) is 23.2. The van der Waals surface area contributed by atoms with Crippen LogP contribution in [0.3, 0.4) is 0 Å². The van der Waals surface area contributed by atoms with Crippen molar-refractivity contribution in [2.75, 3.05) is 0 Å². The Kier molecular flexibility index (Phi) is 4.60. The molecule has 2 unspecified atom stereocenters. The van der Waals surface area contributed by atoms with Crippen LogP contribution in [-0.4, -0.2) is 33.8 Å². The zero-order chi connectivity index (χ0) is 15.6. The third-order valence-corrected chi connectivity index (χ3v) is 3.98. The summed E-state index contributed by atoms with van der Waals surface area (Å²) in [4.78, 5) is 30.8. The number of nitrogens with zero attached hydrogens (tertiary/aromatic N) is 2. The topological polar surface area (TPSA) is 62.3 Å². The number of amides is 2. The molecule has 1 saturated heterocycles. The molecule has 0 bridgehead atoms. The highest BCUT2D eigenvalue weighted by molar-refractivity contribution is 5.90. The van der Waals surface area contributed by atoms with Crippen molar-refractivity contribution < 1.29 is 9.59 Å². The van der Waals surface area contributed by atoms with Crippen molar-refractivity contribution >= 4 is 11.8 Å². The molecular weight excluding hydrogens is 266 g/mol. The van der Waals surface area contributed by atoms with Gasteiger partial charge in [0.2, 0.25) is 11.8 Å². The van der Waals surface area contributed by atoms with Crippen LogP contribution in [0.25, 0.3) is 0 Å². The first kappa shape index (κ1) is 15.5. The lowest BCUT2D eigenvalue weighted by Crippen LogP contribution is -2.48. The summed E-state index contributed by atoms with van der Waals surface area (Å²) in [6.07, 6.45) is 2.07. The zero-order valence-electron chi connectivity index (χ0n) is 13.1. The summed E-state index contributed by atoms with van der Waals surface area (Å²) < 4.78 is 0. The number of carbonyl (C=O) groups is 2. The number of pyridine rings is 1. The van der Waals surface area contributed by atoms with E-state index in [0.29, 0.717) is 13.0 Å². The second-order valence-corrected chi connectivity index (χ2v) is 6.08. The fourth-order valence-corrected chi connectivity index (χ4v) is 2.60. The third kappa shape index (κ3) is 3.40. The van der Waals surface area contributed by atoms with Gasteiger partial charge in [-0.15, -0.1) is 0 Å². The number of nitrogens with one attached hydrogen (secondary N) is 1. The van der Waals surface area contributed by atoms with E-state index in [1.54, 1.807) is 11.1 Å². The summed E-state index contributed by atoms with van der Waals surface area (Å²) in [5, 5.41) is 2.84. The summed E-state index contributed by atoms with van der Waals surface area (Å²) in [7, 11) is 0. The molecular formula is C16H23N3O2. The van der Waals surface area contributed by atoms with Crippen LogP contribution in [0.1, 0.15) is 38.4 Å². The van der Waals surface area contributed by atoms with E-state index in [0.717, 1.165) is 11.3 Å². The summed E-state index contributed by atoms with van der Waals surface area (Å²) in [6, 6.07) is 3.29. The monoisotopic (exact) mass is 289 g/mol. The van der Waals surface area contributed by atoms with Crippen LogP contribution in [-0.2, 0) is 16.1 Å². The Labute approximate surface area is 125 Å². The minimum absolute atomic E-state index is 0.0200. The maximum Gasteiger partial charge on any atom is 0.246 e. The van der Waals surface area contributed by atoms with Crippen molar-refractivity contribution in [2.45, 2.75) is 52.7 Å². The number of rotatable bonds is 3. The number of hydrogen-bond acceptors (Lipinski definition) is 3. The molecule has 0 radical (unpaired) electrons. The van der Waals surface area contributed by atoms with Crippen LogP contribution in [0.5, 0.6) is 0 Å². The van der Waals surface area contributed by atoms with Crippen LogP contribution in [0.15, 0.2) is 18.3 Å². The number of hydrogen-bond donors (Lipinski definition) is 1. The highest BCUT2D eigenvalue weighted by Gasteiger charge is 2.35. The highest BCUT2D eigenvalue weighted by atomic mass is 16.2. The lowest BCUT2D eigenvalue weighted by molar-refractivity contribution is -0.136. The van der Waals surface area contributed by atoms with Gasteiger partial charge in [-0.05, 0) is 31.4 Å². The molecule has 0 aliphatic carbocycles. The molecule has 114 valence electrons. The van der Waals surface area contributed by atoms with Gasteiger partial charge in [0, 0.05) is 18.7 Å². The SMILES string of the molecule is Cc1cccnc1CN1C(=O)C(C(C)C)NC(=O)CC1C. The maximum absolute atomic E-state index is 12.7. The molecule has 1 aromatic rings. The van der Waals surface area contributed by atoms with Crippen molar-refractivity contribution in [1.82, 2.24) is 15.2 Å². The van der Waals surface area contributed by atoms with Gasteiger partial charge in [0.05, 0.1) is 12.2 Å². The van der Waals surface area contributed by atoms with Gasteiger partial charge in [0.1, 0.15) is 6.04 Å². The van der Waals surface area contributed by atoms with E-state index in [1.807, 2.05) is 39.8 Å². The Morgan fingerprint density at radius 3 is 2.76 bits per heavy atom. The quantitative estimate of drug-likeness (QED) is 0.920. The smallest absolute Gasteiger partial charge is 0.246 e. The minimum Gasteiger partial charge on any atom is -0.344 e. The molecule has 0 saturated carbocycles. The molecule has 5 heteroatoms. The first-order chi connectivity index (χ1) is 9.90. The van der Waals surface area contributed by atoms with Gasteiger partial charge in [-0.1, -0.05) is 19.9 Å². The average Bonchev–Trinajstić information content (AvgIpc) is 2.52. The molecule has 2 amide bonds. The minimum atomic E-state index is -0.452. The zero-order valence-corrected chi connectivity index (χ0v) is 13.1. The second-order valence-electron chi connectivity index (χ2n) is 6.08. The predicted molar refractivity (Wildman–Crippen MR) is 80.4 cm³/mol. The van der Waals surface area contributed by atoms with Crippen LogP contribution >= 0.6 is 0 Å². The van der Waals surface area contributed by atoms with Gasteiger partial charge >= 0.3 is 0 Å². The fourth-order valence-electron chi connectivity index (χ4n) is 2.60. The predicted octanol–water partition coefficient (Wildman–Crippen LogP) is 1.65. The average molecular weight is 289 g/mol. The Morgan fingerprint density at radius 2 is 2.14 bits per heavy atom. The van der Waals surface area contributed by atoms with E-state index in [9.17, 15) is 9.59 Å². The summed E-state index contributed by atoms with van der Waals surface area (Å²) in [6.45, 7) is 8.24. The van der Waals surface area contributed by atoms with Crippen molar-refractivity contribution in [2.24, 2.45) is 5.92 Å². The van der Waals surface area contributed by atoms with Crippen LogP contribution in [0, 0.1) is 12.8 Å². The Balaban J connectivity index is 2.28. The van der Waals surface area contributed by atoms with E-state index in [4.69, 9.17) is 0 Å². The van der Waals surface area contributed by atoms with E-state index < -0.39 is 6.04 Å². The van der Waals surface area contributed by atoms with Crippen molar-refractivity contribution in [3.8, 4) is 0 Å². The summed E-state index contributed by atoms with van der Waals surface area (Å²) in [5.41, 5.74) is 1.94. The largest absolute Gasteiger partial charge is 0.344 e. The molecule has 1 aliphatic heterocycles. The molecule has 0 spiro atoms. The van der Waals surface area contributed by atoms with Crippen molar-refractivity contribution in [1.29, 1.82) is 0 Å². The maximum atomic E-state index is 12.7. The number of aromatic nitrogens is 1. The van der Waals surface area contributed by atoms with Gasteiger partial charge in [-0.2, -0.15) is 0 Å². The molecule has 1 N–H and O–H groups in total. The summed E-state index contributed by atoms with van der Waals surface area (Å²) >= 11 is 0. The number of carbonyl (C=O) groups excluding carboxylic acids is 2. The molecule has 1 fully saturated rings. The lowest BCUT2D eigenvalue weighted by atomic mass is 10.0. The molecule has 0 aromatic carbocycles. The van der Waals surface area contributed by atoms with Gasteiger partial charge in [-0.3, -0.25) is 14.6 Å². The third-order valence-electron chi connectivity index (χ3n) is 3.98. The molecule has 1 aliphatic rings. The molecule has 5 nitrogen and oxygen atoms in total. The molecule has 2 heterocycles. The van der Waals surface area contributed by atoms with Gasteiger partial charge < -0.3 is 10.2 Å². The van der Waals surface area contributed by atoms with Crippen molar-refractivity contribution in [3.63, 3.8) is 0 Å². The van der Waals surface area contributed by atoms with E-state index in [-0.39, 0.29) is 23.8 Å². The standard InChI is InChI=1S/C16H23N3O2/c1-10(2)15-16(21)19(12(4)8-14(20)18-15)9-13-11(3)6-5-7-17-13/h5-7,10,12,15H,8-9H2,1-4H3,(H,18,20). The van der Waals surface area contributed by atoms with E-state index in [2.05, 4.69) is 10.3 Å². The summed E-state index contributed by atoms with van der Waals surface area (Å²) in [5.74, 6) is -0.0118. The van der Waals surface area contributed by atoms with Gasteiger partial charge in [0.25, 0.3) is 0 Å². The molecule has 1 aromatic heterocycles. The lowest BCUT2D eigenvalue weighted by Gasteiger charge is -2.30. The first-order valence-corrected chi connectivity index (χ1v) is 7.40. The molecule has 2 atom stereocenters. The Bertz CT molecular complexity index is 542. The van der Waals surface area contributed by atoms with Crippen LogP contribution in [0.2, 0.25) is 0 Å². The number of aryl methyl sites for hydroxylation is 1. The van der Waals surface area contributed by atoms with E-state index in [1.165, 1.54) is 0 Å². The first-order valence-electron chi connectivity index (χ1n) is 7.40. The Morgan fingerprint density at radius 1 is 1.43 bits per heavy atom. The van der Waals surface area contributed by atoms with Crippen LogP contribution in [0.4, 0.5) is 0 Å². The highest BCUT2D eigenvalue weighted by Crippen LogP contribution is 2.19. The van der Waals surface area contributed by atoms with E-state index >= 15 is 0 Å². The van der Waals surface area contributed by atoms with Crippen molar-refractivity contribution in [3.05, 3.63) is 29.6 Å². The Hall–Kier alpha value is -1.91. The fraction of sp³-hybridized carbons (Fsp3) is 0.562. The second kappa shape index (κ2) is 6.24. The van der Waals surface area contributed by atoms with Gasteiger partial charge in [-0.25, -0.2) is 0 Å². The molecule has 2 rings (SSSR count). The molecule has 21 heavy (non-hydrogen) atoms. The van der Waals surface area contributed by atoms with Crippen LogP contribution < -0.4 is 5.32 Å².